The van der Waals surface area contributed by atoms with Crippen LogP contribution in [-0.4, -0.2) is 60.6 Å². The van der Waals surface area contributed by atoms with E-state index in [1.807, 2.05) is 12.2 Å². The van der Waals surface area contributed by atoms with E-state index in [2.05, 4.69) is 4.74 Å². The zero-order chi connectivity index (χ0) is 24.5. The highest BCUT2D eigenvalue weighted by atomic mass is 35.5. The molecule has 8 nitrogen and oxygen atoms in total. The Hall–Kier alpha value is -2.16. The lowest BCUT2D eigenvalue weighted by Crippen LogP contribution is -2.37. The van der Waals surface area contributed by atoms with E-state index < -0.39 is 42.3 Å². The number of aliphatic hydroxyl groups excluding tert-OH is 1. The fourth-order valence-corrected chi connectivity index (χ4v) is 4.07. The van der Waals surface area contributed by atoms with E-state index in [0.717, 1.165) is 5.57 Å². The Bertz CT molecular complexity index is 815. The third-order valence-corrected chi connectivity index (χ3v) is 5.93. The molecule has 5 atom stereocenters. The van der Waals surface area contributed by atoms with Crippen molar-refractivity contribution in [1.29, 1.82) is 0 Å². The van der Waals surface area contributed by atoms with Crippen LogP contribution < -0.4 is 0 Å². The van der Waals surface area contributed by atoms with Gasteiger partial charge in [-0.2, -0.15) is 0 Å². The number of methoxy groups -OCH3 is 1. The molecule has 2 aliphatic rings. The van der Waals surface area contributed by atoms with Crippen LogP contribution in [0.5, 0.6) is 0 Å². The molecule has 0 saturated carbocycles. The van der Waals surface area contributed by atoms with Crippen molar-refractivity contribution in [3.63, 3.8) is 0 Å². The first-order valence-electron chi connectivity index (χ1n) is 11.0. The molecule has 2 bridgehead atoms. The van der Waals surface area contributed by atoms with Crippen LogP contribution in [0.25, 0.3) is 0 Å². The molecule has 2 heterocycles. The molecular weight excluding hydrogens is 452 g/mol. The molecule has 184 valence electrons. The van der Waals surface area contributed by atoms with Crippen molar-refractivity contribution in [2.24, 2.45) is 0 Å². The van der Waals surface area contributed by atoms with Gasteiger partial charge in [0.15, 0.2) is 0 Å². The minimum absolute atomic E-state index is 0.0320. The average Bonchev–Trinajstić information content (AvgIpc) is 3.13. The van der Waals surface area contributed by atoms with Crippen LogP contribution in [-0.2, 0) is 33.3 Å². The van der Waals surface area contributed by atoms with E-state index in [-0.39, 0.29) is 18.9 Å². The monoisotopic (exact) mass is 484 g/mol. The topological polar surface area (TPSA) is 108 Å². The molecule has 0 radical (unpaired) electrons. The van der Waals surface area contributed by atoms with Crippen molar-refractivity contribution >= 4 is 29.5 Å². The average molecular weight is 485 g/mol. The van der Waals surface area contributed by atoms with Crippen molar-refractivity contribution in [3.05, 3.63) is 34.4 Å². The number of rotatable bonds is 5. The highest BCUT2D eigenvalue weighted by Gasteiger charge is 2.41. The predicted octanol–water partition coefficient (Wildman–Crippen LogP) is 3.50. The second kappa shape index (κ2) is 12.9. The van der Waals surface area contributed by atoms with E-state index in [1.165, 1.54) is 20.1 Å². The van der Waals surface area contributed by atoms with Gasteiger partial charge in [0.2, 0.25) is 0 Å². The number of fused-ring (bicyclic) bond motifs is 2. The van der Waals surface area contributed by atoms with Crippen LogP contribution in [0.15, 0.2) is 34.4 Å². The third kappa shape index (κ3) is 8.95. The van der Waals surface area contributed by atoms with Gasteiger partial charge in [0.25, 0.3) is 0 Å². The molecule has 0 amide bonds. The number of hydrogen-bond donors (Lipinski definition) is 1. The summed E-state index contributed by atoms with van der Waals surface area (Å²) in [7, 11) is 1.29. The molecule has 0 aromatic heterocycles. The second-order valence-electron chi connectivity index (χ2n) is 8.42. The summed E-state index contributed by atoms with van der Waals surface area (Å²) in [5.41, 5.74) is 1.33. The van der Waals surface area contributed by atoms with Gasteiger partial charge in [-0.15, -0.1) is 0 Å². The Morgan fingerprint density at radius 1 is 1.33 bits per heavy atom. The van der Waals surface area contributed by atoms with Crippen molar-refractivity contribution < 1.29 is 38.4 Å². The summed E-state index contributed by atoms with van der Waals surface area (Å²) >= 11 is 6.35. The van der Waals surface area contributed by atoms with Crippen LogP contribution in [0.4, 0.5) is 0 Å². The van der Waals surface area contributed by atoms with Crippen LogP contribution in [0.2, 0.25) is 0 Å². The highest BCUT2D eigenvalue weighted by Crippen LogP contribution is 2.31. The summed E-state index contributed by atoms with van der Waals surface area (Å²) in [5, 5.41) is 11.4. The van der Waals surface area contributed by atoms with Gasteiger partial charge in [-0.05, 0) is 38.7 Å². The highest BCUT2D eigenvalue weighted by molar-refractivity contribution is 6.29. The van der Waals surface area contributed by atoms with Crippen molar-refractivity contribution in [2.45, 2.75) is 89.8 Å². The van der Waals surface area contributed by atoms with Crippen LogP contribution in [0, 0.1) is 0 Å². The number of carbonyl (C=O) groups is 3. The van der Waals surface area contributed by atoms with Gasteiger partial charge in [0.05, 0.1) is 26.1 Å². The number of carbonyl (C=O) groups excluding carboxylic acids is 3. The molecule has 1 saturated heterocycles. The Morgan fingerprint density at radius 3 is 2.73 bits per heavy atom. The van der Waals surface area contributed by atoms with Crippen LogP contribution in [0.1, 0.15) is 59.3 Å². The minimum atomic E-state index is -1.09. The van der Waals surface area contributed by atoms with Gasteiger partial charge in [0, 0.05) is 18.4 Å². The number of aliphatic hydroxyl groups is 1. The Balaban J connectivity index is 2.24. The van der Waals surface area contributed by atoms with E-state index in [0.29, 0.717) is 36.3 Å². The molecule has 33 heavy (non-hydrogen) atoms. The summed E-state index contributed by atoms with van der Waals surface area (Å²) in [4.78, 5) is 35.8. The number of halogens is 1. The van der Waals surface area contributed by atoms with E-state index in [1.54, 1.807) is 13.8 Å². The third-order valence-electron chi connectivity index (χ3n) is 5.59. The smallest absolute Gasteiger partial charge is 0.310 e. The number of esters is 3. The maximum absolute atomic E-state index is 12.7. The predicted molar refractivity (Wildman–Crippen MR) is 121 cm³/mol. The summed E-state index contributed by atoms with van der Waals surface area (Å²) in [6, 6.07) is 0. The summed E-state index contributed by atoms with van der Waals surface area (Å²) in [6.45, 7) is 4.77. The lowest BCUT2D eigenvalue weighted by molar-refractivity contribution is -0.159. The first-order valence-corrected chi connectivity index (χ1v) is 11.4. The summed E-state index contributed by atoms with van der Waals surface area (Å²) in [6.07, 6.45) is 3.64. The molecule has 2 rings (SSSR count). The van der Waals surface area contributed by atoms with Gasteiger partial charge >= 0.3 is 17.9 Å². The Kier molecular flexibility index (Phi) is 10.6. The molecule has 2 aliphatic heterocycles. The molecular formula is C24H33ClO8. The number of allylic oxidation sites excluding steroid dienone is 3. The minimum Gasteiger partial charge on any atom is -0.469 e. The lowest BCUT2D eigenvalue weighted by Gasteiger charge is -2.24. The van der Waals surface area contributed by atoms with Gasteiger partial charge in [-0.1, -0.05) is 35.4 Å². The number of ether oxygens (including phenoxy) is 4. The SMILES string of the molecule is COC(=O)C/C(C)=C/[C@H](O)C1O[C@@H]2CC/C(Cl)=C\C/C=C(\C)[C@H](OC(C)=O)CC(=O)O[C@@H]1C2. The first kappa shape index (κ1) is 27.1. The molecule has 0 aromatic carbocycles. The number of hydrogen-bond acceptors (Lipinski definition) is 8. The van der Waals surface area contributed by atoms with Gasteiger partial charge in [0.1, 0.15) is 24.4 Å². The van der Waals surface area contributed by atoms with E-state index in [4.69, 9.17) is 25.8 Å². The maximum Gasteiger partial charge on any atom is 0.310 e. The van der Waals surface area contributed by atoms with Crippen LogP contribution >= 0.6 is 11.6 Å². The molecule has 1 unspecified atom stereocenters. The fourth-order valence-electron chi connectivity index (χ4n) is 3.87. The van der Waals surface area contributed by atoms with Crippen molar-refractivity contribution in [3.8, 4) is 0 Å². The molecule has 0 aromatic rings. The zero-order valence-corrected chi connectivity index (χ0v) is 20.3. The van der Waals surface area contributed by atoms with Gasteiger partial charge in [-0.3, -0.25) is 14.4 Å². The standard InChI is InChI=1S/C24H33ClO8/c1-14(11-22(28)30-4)10-19(27)24-21-12-18(32-24)9-8-17(25)7-5-6-15(2)20(31-16(3)26)13-23(29)33-21/h6-7,10,18-21,24,27H,5,8-9,11-13H2,1-4H3/b14-10+,15-6+,17-7+/t18-,19+,20-,21-,24?/m1/s1. The fraction of sp³-hybridized carbons (Fsp3) is 0.625. The van der Waals surface area contributed by atoms with Gasteiger partial charge in [-0.25, -0.2) is 0 Å². The second-order valence-corrected chi connectivity index (χ2v) is 8.90. The normalized spacial score (nSPS) is 31.2. The largest absolute Gasteiger partial charge is 0.469 e. The molecule has 1 fully saturated rings. The summed E-state index contributed by atoms with van der Waals surface area (Å²) in [5.74, 6) is -1.48. The Labute approximate surface area is 199 Å². The Morgan fingerprint density at radius 2 is 2.06 bits per heavy atom. The zero-order valence-electron chi connectivity index (χ0n) is 19.5. The molecule has 0 spiro atoms. The van der Waals surface area contributed by atoms with Crippen molar-refractivity contribution in [2.75, 3.05) is 7.11 Å². The lowest BCUT2D eigenvalue weighted by atomic mass is 10.0. The van der Waals surface area contributed by atoms with E-state index in [9.17, 15) is 19.5 Å². The first-order chi connectivity index (χ1) is 15.6. The van der Waals surface area contributed by atoms with E-state index >= 15 is 0 Å². The molecule has 9 heteroatoms. The van der Waals surface area contributed by atoms with Crippen molar-refractivity contribution in [1.82, 2.24) is 0 Å². The van der Waals surface area contributed by atoms with Gasteiger partial charge < -0.3 is 24.1 Å². The summed E-state index contributed by atoms with van der Waals surface area (Å²) < 4.78 is 21.7. The molecule has 0 aliphatic carbocycles. The molecule has 1 N–H and O–H groups in total. The quantitative estimate of drug-likeness (QED) is 0.359. The van der Waals surface area contributed by atoms with Crippen LogP contribution in [0.3, 0.4) is 0 Å². The maximum atomic E-state index is 12.7.